The number of carboxylic acid groups (broad SMARTS) is 1. The van der Waals surface area contributed by atoms with Gasteiger partial charge in [-0.2, -0.15) is 5.10 Å². The van der Waals surface area contributed by atoms with Crippen molar-refractivity contribution in [1.82, 2.24) is 14.8 Å². The molecule has 0 unspecified atom stereocenters. The molecule has 0 saturated heterocycles. The smallest absolute Gasteiger partial charge is 0.354 e. The van der Waals surface area contributed by atoms with Crippen molar-refractivity contribution in [2.75, 3.05) is 0 Å². The molecule has 5 heteroatoms. The zero-order chi connectivity index (χ0) is 11.9. The normalized spacial score (nSPS) is 11.9. The van der Waals surface area contributed by atoms with E-state index in [-0.39, 0.29) is 11.2 Å². The van der Waals surface area contributed by atoms with Crippen molar-refractivity contribution in [3.05, 3.63) is 24.0 Å². The van der Waals surface area contributed by atoms with Crippen LogP contribution in [0, 0.1) is 0 Å². The molecule has 2 heterocycles. The number of aromatic nitrogens is 3. The first-order valence-electron chi connectivity index (χ1n) is 4.98. The number of carbonyl (C=O) groups is 1. The predicted octanol–water partition coefficient (Wildman–Crippen LogP) is 1.88. The molecule has 0 fully saturated rings. The molecule has 5 nitrogen and oxygen atoms in total. The molecule has 0 aliphatic rings. The summed E-state index contributed by atoms with van der Waals surface area (Å²) in [7, 11) is 0. The predicted molar refractivity (Wildman–Crippen MR) is 59.5 cm³/mol. The lowest BCUT2D eigenvalue weighted by Crippen LogP contribution is -2.23. The van der Waals surface area contributed by atoms with Crippen molar-refractivity contribution < 1.29 is 9.90 Å². The summed E-state index contributed by atoms with van der Waals surface area (Å²) in [5, 5.41) is 14.0. The van der Waals surface area contributed by atoms with Crippen LogP contribution >= 0.6 is 0 Å². The average Bonchev–Trinajstić information content (AvgIpc) is 2.58. The number of nitrogens with zero attached hydrogens (tertiary/aromatic N) is 3. The van der Waals surface area contributed by atoms with Gasteiger partial charge in [-0.15, -0.1) is 0 Å². The van der Waals surface area contributed by atoms with E-state index in [0.717, 1.165) is 5.39 Å². The van der Waals surface area contributed by atoms with Gasteiger partial charge in [0.15, 0.2) is 11.3 Å². The van der Waals surface area contributed by atoms with Crippen molar-refractivity contribution in [3.8, 4) is 0 Å². The summed E-state index contributed by atoms with van der Waals surface area (Å²) in [5.74, 6) is -1.02. The fraction of sp³-hybridized carbons (Fsp3) is 0.364. The van der Waals surface area contributed by atoms with Gasteiger partial charge in [0, 0.05) is 5.39 Å². The summed E-state index contributed by atoms with van der Waals surface area (Å²) in [6, 6.07) is 3.21. The van der Waals surface area contributed by atoms with Gasteiger partial charge in [0.1, 0.15) is 0 Å². The van der Waals surface area contributed by atoms with E-state index >= 15 is 0 Å². The average molecular weight is 219 g/mol. The Morgan fingerprint density at radius 1 is 1.38 bits per heavy atom. The quantitative estimate of drug-likeness (QED) is 0.795. The van der Waals surface area contributed by atoms with Gasteiger partial charge >= 0.3 is 5.97 Å². The van der Waals surface area contributed by atoms with E-state index in [1.807, 2.05) is 20.8 Å². The summed E-state index contributed by atoms with van der Waals surface area (Å²) in [4.78, 5) is 14.9. The van der Waals surface area contributed by atoms with Crippen LogP contribution in [-0.2, 0) is 5.54 Å². The van der Waals surface area contributed by atoms with Crippen LogP contribution in [0.1, 0.15) is 31.3 Å². The molecule has 0 aromatic carbocycles. The molecule has 0 amide bonds. The molecule has 84 valence electrons. The molecule has 0 aliphatic carbocycles. The second-order valence-corrected chi connectivity index (χ2v) is 4.64. The molecule has 2 rings (SSSR count). The van der Waals surface area contributed by atoms with Crippen molar-refractivity contribution >= 4 is 17.0 Å². The highest BCUT2D eigenvalue weighted by Crippen LogP contribution is 2.20. The monoisotopic (exact) mass is 219 g/mol. The van der Waals surface area contributed by atoms with E-state index < -0.39 is 5.97 Å². The highest BCUT2D eigenvalue weighted by atomic mass is 16.4. The molecule has 2 aromatic rings. The largest absolute Gasteiger partial charge is 0.477 e. The molecule has 0 saturated carbocycles. The number of rotatable bonds is 1. The Balaban J connectivity index is 2.70. The zero-order valence-corrected chi connectivity index (χ0v) is 9.43. The third-order valence-corrected chi connectivity index (χ3v) is 2.27. The Morgan fingerprint density at radius 3 is 2.62 bits per heavy atom. The number of aromatic carboxylic acids is 1. The van der Waals surface area contributed by atoms with Crippen LogP contribution in [0.2, 0.25) is 0 Å². The van der Waals surface area contributed by atoms with Crippen LogP contribution in [0.4, 0.5) is 0 Å². The second-order valence-electron chi connectivity index (χ2n) is 4.64. The minimum Gasteiger partial charge on any atom is -0.477 e. The van der Waals surface area contributed by atoms with Gasteiger partial charge in [-0.3, -0.25) is 0 Å². The van der Waals surface area contributed by atoms with Crippen molar-refractivity contribution in [1.29, 1.82) is 0 Å². The van der Waals surface area contributed by atoms with Crippen LogP contribution in [0.15, 0.2) is 18.3 Å². The fourth-order valence-electron chi connectivity index (χ4n) is 1.51. The number of hydrogen-bond donors (Lipinski definition) is 1. The molecule has 0 aliphatic heterocycles. The summed E-state index contributed by atoms with van der Waals surface area (Å²) in [5.41, 5.74) is 0.428. The van der Waals surface area contributed by atoms with E-state index in [1.54, 1.807) is 16.9 Å². The minimum absolute atomic E-state index is 0.0403. The molecular formula is C11H13N3O2. The molecule has 1 N–H and O–H groups in total. The maximum absolute atomic E-state index is 10.8. The Kier molecular flexibility index (Phi) is 2.18. The second kappa shape index (κ2) is 3.30. The van der Waals surface area contributed by atoms with Gasteiger partial charge in [-0.05, 0) is 32.9 Å². The number of carboxylic acids is 1. The van der Waals surface area contributed by atoms with E-state index in [1.165, 1.54) is 6.07 Å². The van der Waals surface area contributed by atoms with Crippen molar-refractivity contribution in [2.24, 2.45) is 0 Å². The summed E-state index contributed by atoms with van der Waals surface area (Å²) in [6.07, 6.45) is 1.69. The third kappa shape index (κ3) is 1.64. The number of hydrogen-bond acceptors (Lipinski definition) is 3. The van der Waals surface area contributed by atoms with E-state index in [2.05, 4.69) is 10.1 Å². The molecule has 0 bridgehead atoms. The summed E-state index contributed by atoms with van der Waals surface area (Å²) >= 11 is 0. The van der Waals surface area contributed by atoms with Crippen LogP contribution < -0.4 is 0 Å². The fourth-order valence-corrected chi connectivity index (χ4v) is 1.51. The molecule has 0 radical (unpaired) electrons. The summed E-state index contributed by atoms with van der Waals surface area (Å²) in [6.45, 7) is 5.98. The molecule has 0 atom stereocenters. The van der Waals surface area contributed by atoms with Gasteiger partial charge < -0.3 is 5.11 Å². The topological polar surface area (TPSA) is 68.0 Å². The number of pyridine rings is 1. The lowest BCUT2D eigenvalue weighted by Gasteiger charge is -2.19. The lowest BCUT2D eigenvalue weighted by atomic mass is 10.1. The van der Waals surface area contributed by atoms with Gasteiger partial charge in [-0.1, -0.05) is 0 Å². The molecule has 16 heavy (non-hydrogen) atoms. The molecule has 2 aromatic heterocycles. The standard InChI is InChI=1S/C11H13N3O2/c1-11(2,3)14-9-7(6-12-14)4-5-8(13-9)10(15)16/h4-6H,1-3H3,(H,15,16). The first-order valence-corrected chi connectivity index (χ1v) is 4.98. The Bertz CT molecular complexity index is 552. The third-order valence-electron chi connectivity index (χ3n) is 2.27. The van der Waals surface area contributed by atoms with Crippen LogP contribution in [0.5, 0.6) is 0 Å². The van der Waals surface area contributed by atoms with Crippen LogP contribution in [0.3, 0.4) is 0 Å². The maximum Gasteiger partial charge on any atom is 0.354 e. The number of fused-ring (bicyclic) bond motifs is 1. The van der Waals surface area contributed by atoms with E-state index in [4.69, 9.17) is 5.11 Å². The Morgan fingerprint density at radius 2 is 2.06 bits per heavy atom. The Hall–Kier alpha value is -1.91. The maximum atomic E-state index is 10.8. The van der Waals surface area contributed by atoms with Crippen molar-refractivity contribution in [2.45, 2.75) is 26.3 Å². The van der Waals surface area contributed by atoms with Crippen molar-refractivity contribution in [3.63, 3.8) is 0 Å². The zero-order valence-electron chi connectivity index (χ0n) is 9.43. The molecule has 0 spiro atoms. The highest BCUT2D eigenvalue weighted by Gasteiger charge is 2.18. The van der Waals surface area contributed by atoms with E-state index in [9.17, 15) is 4.79 Å². The van der Waals surface area contributed by atoms with E-state index in [0.29, 0.717) is 5.65 Å². The molecular weight excluding hydrogens is 206 g/mol. The first kappa shape index (κ1) is 10.6. The first-order chi connectivity index (χ1) is 7.39. The lowest BCUT2D eigenvalue weighted by molar-refractivity contribution is 0.0690. The Labute approximate surface area is 92.7 Å². The van der Waals surface area contributed by atoms with Crippen LogP contribution in [-0.4, -0.2) is 25.8 Å². The highest BCUT2D eigenvalue weighted by molar-refractivity contribution is 5.88. The van der Waals surface area contributed by atoms with Crippen LogP contribution in [0.25, 0.3) is 11.0 Å². The SMILES string of the molecule is CC(C)(C)n1ncc2ccc(C(=O)O)nc21. The van der Waals surface area contributed by atoms with Gasteiger partial charge in [0.25, 0.3) is 0 Å². The minimum atomic E-state index is -1.02. The van der Waals surface area contributed by atoms with Gasteiger partial charge in [0.05, 0.1) is 11.7 Å². The van der Waals surface area contributed by atoms with Gasteiger partial charge in [0.2, 0.25) is 0 Å². The summed E-state index contributed by atoms with van der Waals surface area (Å²) < 4.78 is 1.73. The van der Waals surface area contributed by atoms with Gasteiger partial charge in [-0.25, -0.2) is 14.5 Å².